The molecule has 0 atom stereocenters. The Balaban J connectivity index is 2.84. The van der Waals surface area contributed by atoms with E-state index in [0.29, 0.717) is 12.8 Å². The van der Waals surface area contributed by atoms with Crippen molar-refractivity contribution in [3.63, 3.8) is 0 Å². The number of hydrogen-bond donors (Lipinski definition) is 1. The van der Waals surface area contributed by atoms with Crippen LogP contribution in [0.15, 0.2) is 0 Å². The maximum atomic E-state index is 12.0. The molecular formula is C9H16N2O4S. The predicted molar refractivity (Wildman–Crippen MR) is 59.7 cm³/mol. The number of ether oxygens (including phenoxy) is 1. The molecule has 0 aromatic heterocycles. The normalized spacial score (nSPS) is 18.9. The first-order chi connectivity index (χ1) is 7.52. The molecule has 16 heavy (non-hydrogen) atoms. The molecule has 0 radical (unpaired) electrons. The molecule has 0 aromatic carbocycles. The molecule has 0 saturated carbocycles. The van der Waals surface area contributed by atoms with Crippen molar-refractivity contribution in [1.29, 1.82) is 0 Å². The lowest BCUT2D eigenvalue weighted by Crippen LogP contribution is -2.53. The molecule has 0 unspecified atom stereocenters. The molecule has 1 aliphatic heterocycles. The fourth-order valence-corrected chi connectivity index (χ4v) is 2.78. The van der Waals surface area contributed by atoms with Gasteiger partial charge in [0, 0.05) is 19.9 Å². The molecule has 1 saturated heterocycles. The van der Waals surface area contributed by atoms with Crippen LogP contribution in [0.2, 0.25) is 0 Å². The Morgan fingerprint density at radius 3 is 2.38 bits per heavy atom. The summed E-state index contributed by atoms with van der Waals surface area (Å²) in [5.41, 5.74) is 3.86. The molecule has 6 nitrogen and oxygen atoms in total. The van der Waals surface area contributed by atoms with E-state index < -0.39 is 11.7 Å². The first-order valence-electron chi connectivity index (χ1n) is 4.90. The first-order valence-corrected chi connectivity index (χ1v) is 6.06. The van der Waals surface area contributed by atoms with Crippen LogP contribution in [0.3, 0.4) is 0 Å². The zero-order valence-electron chi connectivity index (χ0n) is 9.39. The topological polar surface area (TPSA) is 81.9 Å². The summed E-state index contributed by atoms with van der Waals surface area (Å²) in [6, 6.07) is 0. The molecule has 0 aliphatic carbocycles. The Morgan fingerprint density at radius 2 is 1.94 bits per heavy atom. The lowest BCUT2D eigenvalue weighted by atomic mass is 9.95. The van der Waals surface area contributed by atoms with Gasteiger partial charge in [-0.2, -0.15) is 11.8 Å². The van der Waals surface area contributed by atoms with Gasteiger partial charge in [0.1, 0.15) is 0 Å². The van der Waals surface area contributed by atoms with Crippen LogP contribution in [0, 0.1) is 0 Å². The highest BCUT2D eigenvalue weighted by Crippen LogP contribution is 2.32. The summed E-state index contributed by atoms with van der Waals surface area (Å²) in [6.45, 7) is 0. The lowest BCUT2D eigenvalue weighted by Gasteiger charge is -2.36. The summed E-state index contributed by atoms with van der Waals surface area (Å²) in [7, 11) is 2.86. The van der Waals surface area contributed by atoms with Gasteiger partial charge in [0.05, 0.1) is 7.11 Å². The van der Waals surface area contributed by atoms with Crippen molar-refractivity contribution in [2.24, 2.45) is 5.73 Å². The van der Waals surface area contributed by atoms with E-state index in [1.165, 1.54) is 14.2 Å². The number of hydroxylamine groups is 2. The molecule has 2 amide bonds. The van der Waals surface area contributed by atoms with Crippen molar-refractivity contribution in [2.45, 2.75) is 18.4 Å². The van der Waals surface area contributed by atoms with Gasteiger partial charge in [0.15, 0.2) is 5.60 Å². The summed E-state index contributed by atoms with van der Waals surface area (Å²) < 4.78 is 5.02. The molecule has 92 valence electrons. The number of likely N-dealkylation sites (N-methyl/N-ethyl adjacent to an activating group) is 1. The van der Waals surface area contributed by atoms with Gasteiger partial charge in [-0.25, -0.2) is 9.86 Å². The highest BCUT2D eigenvalue weighted by atomic mass is 32.2. The average Bonchev–Trinajstić information content (AvgIpc) is 2.27. The minimum atomic E-state index is -1.15. The zero-order chi connectivity index (χ0) is 12.2. The van der Waals surface area contributed by atoms with Gasteiger partial charge in [-0.3, -0.25) is 9.63 Å². The number of rotatable bonds is 3. The second kappa shape index (κ2) is 5.40. The summed E-state index contributed by atoms with van der Waals surface area (Å²) in [5, 5.41) is 1.07. The van der Waals surface area contributed by atoms with Crippen molar-refractivity contribution < 1.29 is 19.2 Å². The second-order valence-electron chi connectivity index (χ2n) is 3.51. The number of carbonyl (C=O) groups is 2. The van der Waals surface area contributed by atoms with E-state index in [1.807, 2.05) is 0 Å². The van der Waals surface area contributed by atoms with Crippen molar-refractivity contribution >= 4 is 23.8 Å². The Bertz CT molecular complexity index is 279. The number of carbonyl (C=O) groups excluding carboxylic acids is 2. The molecule has 1 heterocycles. The molecule has 2 N–H and O–H groups in total. The van der Waals surface area contributed by atoms with Gasteiger partial charge < -0.3 is 10.5 Å². The average molecular weight is 248 g/mol. The summed E-state index contributed by atoms with van der Waals surface area (Å²) in [6.07, 6.45) is 0.00468. The van der Waals surface area contributed by atoms with Crippen molar-refractivity contribution in [3.05, 3.63) is 0 Å². The number of amides is 2. The second-order valence-corrected chi connectivity index (χ2v) is 4.74. The number of thioether (sulfide) groups is 1. The highest BCUT2D eigenvalue weighted by Gasteiger charge is 2.45. The standard InChI is InChI=1S/C9H16N2O4S/c1-11(14-2)7(12)9(15-8(10)13)3-5-16-6-4-9/h3-6H2,1-2H3,(H2,10,13). The Hall–Kier alpha value is -0.950. The van der Waals surface area contributed by atoms with Crippen LogP contribution in [-0.2, 0) is 14.4 Å². The number of nitrogens with zero attached hydrogens (tertiary/aromatic N) is 1. The minimum absolute atomic E-state index is 0.367. The van der Waals surface area contributed by atoms with E-state index >= 15 is 0 Å². The fraction of sp³-hybridized carbons (Fsp3) is 0.778. The number of primary amides is 1. The van der Waals surface area contributed by atoms with Gasteiger partial charge in [0.2, 0.25) is 0 Å². The lowest BCUT2D eigenvalue weighted by molar-refractivity contribution is -0.189. The maximum Gasteiger partial charge on any atom is 0.405 e. The zero-order valence-corrected chi connectivity index (χ0v) is 10.2. The first kappa shape index (κ1) is 13.1. The van der Waals surface area contributed by atoms with Crippen molar-refractivity contribution in [3.8, 4) is 0 Å². The molecule has 0 spiro atoms. The minimum Gasteiger partial charge on any atom is -0.433 e. The van der Waals surface area contributed by atoms with E-state index in [1.54, 1.807) is 11.8 Å². The third-order valence-corrected chi connectivity index (χ3v) is 3.53. The largest absolute Gasteiger partial charge is 0.433 e. The van der Waals surface area contributed by atoms with Crippen LogP contribution in [-0.4, -0.2) is 48.3 Å². The van der Waals surface area contributed by atoms with E-state index in [4.69, 9.17) is 15.3 Å². The monoisotopic (exact) mass is 248 g/mol. The predicted octanol–water partition coefficient (Wildman–Crippen LogP) is 0.367. The van der Waals surface area contributed by atoms with Gasteiger partial charge in [-0.15, -0.1) is 0 Å². The summed E-state index contributed by atoms with van der Waals surface area (Å²) >= 11 is 1.72. The Labute approximate surface area is 98.4 Å². The van der Waals surface area contributed by atoms with Gasteiger partial charge >= 0.3 is 6.09 Å². The smallest absolute Gasteiger partial charge is 0.405 e. The van der Waals surface area contributed by atoms with Gasteiger partial charge in [0.25, 0.3) is 5.91 Å². The SMILES string of the molecule is CON(C)C(=O)C1(OC(N)=O)CCSCC1. The van der Waals surface area contributed by atoms with Crippen LogP contribution >= 0.6 is 11.8 Å². The molecule has 1 rings (SSSR count). The van der Waals surface area contributed by atoms with E-state index in [-0.39, 0.29) is 5.91 Å². The Kier molecular flexibility index (Phi) is 4.43. The van der Waals surface area contributed by atoms with Gasteiger partial charge in [-0.1, -0.05) is 0 Å². The van der Waals surface area contributed by atoms with Crippen LogP contribution in [0.5, 0.6) is 0 Å². The number of hydrogen-bond acceptors (Lipinski definition) is 5. The van der Waals surface area contributed by atoms with E-state index in [9.17, 15) is 9.59 Å². The maximum absolute atomic E-state index is 12.0. The summed E-state index contributed by atoms with van der Waals surface area (Å²) in [4.78, 5) is 27.7. The molecular weight excluding hydrogens is 232 g/mol. The van der Waals surface area contributed by atoms with Crippen LogP contribution in [0.25, 0.3) is 0 Å². The Morgan fingerprint density at radius 1 is 1.38 bits per heavy atom. The van der Waals surface area contributed by atoms with Crippen LogP contribution in [0.4, 0.5) is 4.79 Å². The molecule has 0 aromatic rings. The molecule has 1 fully saturated rings. The van der Waals surface area contributed by atoms with Gasteiger partial charge in [-0.05, 0) is 11.5 Å². The quantitative estimate of drug-likeness (QED) is 0.730. The van der Waals surface area contributed by atoms with E-state index in [2.05, 4.69) is 0 Å². The van der Waals surface area contributed by atoms with Crippen molar-refractivity contribution in [2.75, 3.05) is 25.7 Å². The summed E-state index contributed by atoms with van der Waals surface area (Å²) in [5.74, 6) is 1.15. The molecule has 1 aliphatic rings. The number of nitrogens with two attached hydrogens (primary N) is 1. The molecule has 0 bridgehead atoms. The highest BCUT2D eigenvalue weighted by molar-refractivity contribution is 7.99. The third-order valence-electron chi connectivity index (χ3n) is 2.55. The van der Waals surface area contributed by atoms with Crippen LogP contribution < -0.4 is 5.73 Å². The van der Waals surface area contributed by atoms with Crippen LogP contribution in [0.1, 0.15) is 12.8 Å². The van der Waals surface area contributed by atoms with Crippen molar-refractivity contribution in [1.82, 2.24) is 5.06 Å². The third kappa shape index (κ3) is 2.79. The van der Waals surface area contributed by atoms with E-state index in [0.717, 1.165) is 16.6 Å². The molecule has 7 heteroatoms. The fourth-order valence-electron chi connectivity index (χ4n) is 1.62.